The molecule has 0 aromatic heterocycles. The highest BCUT2D eigenvalue weighted by Crippen LogP contribution is 2.29. The van der Waals surface area contributed by atoms with Crippen LogP contribution in [0.3, 0.4) is 0 Å². The average molecular weight is 355 g/mol. The van der Waals surface area contributed by atoms with E-state index in [9.17, 15) is 0 Å². The lowest BCUT2D eigenvalue weighted by Gasteiger charge is -2.32. The van der Waals surface area contributed by atoms with Crippen LogP contribution in [0.1, 0.15) is 45.2 Å². The Kier molecular flexibility index (Phi) is 7.82. The molecule has 0 bridgehead atoms. The van der Waals surface area contributed by atoms with Gasteiger partial charge < -0.3 is 20.1 Å². The Morgan fingerprint density at radius 1 is 1.29 bits per heavy atom. The number of nitrogens with zero attached hydrogens (tertiary/aromatic N) is 1. The zero-order chi connectivity index (χ0) is 17.5. The molecule has 1 aromatic rings. The minimum Gasteiger partial charge on any atom is -0.489 e. The normalized spacial score (nSPS) is 18.1. The Labute approximate surface area is 151 Å². The van der Waals surface area contributed by atoms with E-state index in [-0.39, 0.29) is 18.8 Å². The molecule has 0 amide bonds. The largest absolute Gasteiger partial charge is 0.489 e. The SMILES string of the molecule is CC(C)Oc1ccc(C(C)NCC2CCN(CCO)CC2)cc1Cl. The van der Waals surface area contributed by atoms with E-state index in [1.54, 1.807) is 0 Å². The second kappa shape index (κ2) is 9.62. The molecule has 2 rings (SSSR count). The van der Waals surface area contributed by atoms with Gasteiger partial charge in [0.25, 0.3) is 0 Å². The summed E-state index contributed by atoms with van der Waals surface area (Å²) in [7, 11) is 0. The van der Waals surface area contributed by atoms with E-state index in [1.807, 2.05) is 26.0 Å². The summed E-state index contributed by atoms with van der Waals surface area (Å²) in [6, 6.07) is 6.32. The van der Waals surface area contributed by atoms with Gasteiger partial charge in [-0.05, 0) is 76.9 Å². The van der Waals surface area contributed by atoms with Crippen LogP contribution in [-0.2, 0) is 0 Å². The highest BCUT2D eigenvalue weighted by molar-refractivity contribution is 6.32. The summed E-state index contributed by atoms with van der Waals surface area (Å²) in [5.41, 5.74) is 1.19. The smallest absolute Gasteiger partial charge is 0.138 e. The van der Waals surface area contributed by atoms with E-state index >= 15 is 0 Å². The summed E-state index contributed by atoms with van der Waals surface area (Å²) in [4.78, 5) is 2.34. The molecule has 0 saturated carbocycles. The molecule has 24 heavy (non-hydrogen) atoms. The van der Waals surface area contributed by atoms with Crippen LogP contribution in [0.5, 0.6) is 5.75 Å². The summed E-state index contributed by atoms with van der Waals surface area (Å²) in [6.07, 6.45) is 2.52. The fraction of sp³-hybridized carbons (Fsp3) is 0.684. The third kappa shape index (κ3) is 5.92. The van der Waals surface area contributed by atoms with E-state index in [1.165, 1.54) is 18.4 Å². The van der Waals surface area contributed by atoms with Gasteiger partial charge in [-0.2, -0.15) is 0 Å². The van der Waals surface area contributed by atoms with Gasteiger partial charge >= 0.3 is 0 Å². The second-order valence-electron chi connectivity index (χ2n) is 7.00. The minimum atomic E-state index is 0.126. The predicted octanol–water partition coefficient (Wildman–Crippen LogP) is 3.48. The molecule has 1 atom stereocenters. The number of benzene rings is 1. The van der Waals surface area contributed by atoms with Crippen molar-refractivity contribution in [2.75, 3.05) is 32.8 Å². The molecular weight excluding hydrogens is 324 g/mol. The number of nitrogens with one attached hydrogen (secondary N) is 1. The number of ether oxygens (including phenoxy) is 1. The van der Waals surface area contributed by atoms with Crippen LogP contribution < -0.4 is 10.1 Å². The number of hydrogen-bond donors (Lipinski definition) is 2. The Balaban J connectivity index is 1.80. The monoisotopic (exact) mass is 354 g/mol. The molecule has 1 heterocycles. The van der Waals surface area contributed by atoms with Crippen molar-refractivity contribution < 1.29 is 9.84 Å². The molecule has 0 spiro atoms. The molecule has 1 aromatic carbocycles. The van der Waals surface area contributed by atoms with Crippen molar-refractivity contribution in [2.45, 2.75) is 45.8 Å². The van der Waals surface area contributed by atoms with Gasteiger partial charge in [-0.1, -0.05) is 17.7 Å². The van der Waals surface area contributed by atoms with Gasteiger partial charge in [0.05, 0.1) is 17.7 Å². The molecule has 136 valence electrons. The number of aliphatic hydroxyl groups is 1. The van der Waals surface area contributed by atoms with E-state index in [2.05, 4.69) is 23.2 Å². The summed E-state index contributed by atoms with van der Waals surface area (Å²) < 4.78 is 5.69. The molecule has 5 heteroatoms. The quantitative estimate of drug-likeness (QED) is 0.750. The number of piperidine rings is 1. The molecule has 4 nitrogen and oxygen atoms in total. The van der Waals surface area contributed by atoms with Crippen molar-refractivity contribution in [1.82, 2.24) is 10.2 Å². The number of halogens is 1. The van der Waals surface area contributed by atoms with Crippen molar-refractivity contribution in [1.29, 1.82) is 0 Å². The first-order valence-electron chi connectivity index (χ1n) is 9.02. The van der Waals surface area contributed by atoms with Gasteiger partial charge in [0.1, 0.15) is 5.75 Å². The van der Waals surface area contributed by atoms with Gasteiger partial charge in [0.15, 0.2) is 0 Å². The predicted molar refractivity (Wildman–Crippen MR) is 99.9 cm³/mol. The van der Waals surface area contributed by atoms with Crippen LogP contribution in [0.4, 0.5) is 0 Å². The highest BCUT2D eigenvalue weighted by Gasteiger charge is 2.19. The number of β-amino-alcohol motifs (C(OH)–C–C–N with tert-alkyl or cyclic N) is 1. The van der Waals surface area contributed by atoms with Crippen molar-refractivity contribution in [3.8, 4) is 5.75 Å². The molecule has 0 aliphatic carbocycles. The topological polar surface area (TPSA) is 44.7 Å². The maximum atomic E-state index is 9.00. The number of likely N-dealkylation sites (tertiary alicyclic amines) is 1. The Morgan fingerprint density at radius 3 is 2.58 bits per heavy atom. The zero-order valence-electron chi connectivity index (χ0n) is 15.1. The molecule has 0 radical (unpaired) electrons. The molecule has 1 unspecified atom stereocenters. The Hall–Kier alpha value is -0.810. The lowest BCUT2D eigenvalue weighted by molar-refractivity contribution is 0.146. The third-order valence-electron chi connectivity index (χ3n) is 4.65. The van der Waals surface area contributed by atoms with E-state index < -0.39 is 0 Å². The first-order valence-corrected chi connectivity index (χ1v) is 9.40. The Bertz CT molecular complexity index is 502. The van der Waals surface area contributed by atoms with Crippen LogP contribution >= 0.6 is 11.6 Å². The molecule has 1 fully saturated rings. The standard InChI is InChI=1S/C19H31ClN2O2/c1-14(2)24-19-5-4-17(12-18(19)20)15(3)21-13-16-6-8-22(9-7-16)10-11-23/h4-5,12,14-16,21,23H,6-11,13H2,1-3H3. The molecule has 2 N–H and O–H groups in total. The number of hydrogen-bond acceptors (Lipinski definition) is 4. The van der Waals surface area contributed by atoms with E-state index in [0.29, 0.717) is 10.9 Å². The minimum absolute atomic E-state index is 0.126. The van der Waals surface area contributed by atoms with Crippen LogP contribution in [0.25, 0.3) is 0 Å². The number of aliphatic hydroxyl groups excluding tert-OH is 1. The molecule has 1 aliphatic rings. The summed E-state index contributed by atoms with van der Waals surface area (Å²) in [5.74, 6) is 1.46. The van der Waals surface area contributed by atoms with E-state index in [4.69, 9.17) is 21.4 Å². The second-order valence-corrected chi connectivity index (χ2v) is 7.40. The summed E-state index contributed by atoms with van der Waals surface area (Å²) in [6.45, 7) is 10.5. The van der Waals surface area contributed by atoms with Gasteiger partial charge in [-0.15, -0.1) is 0 Å². The fourth-order valence-electron chi connectivity index (χ4n) is 3.15. The zero-order valence-corrected chi connectivity index (χ0v) is 15.9. The lowest BCUT2D eigenvalue weighted by Crippen LogP contribution is -2.39. The van der Waals surface area contributed by atoms with Gasteiger partial charge in [0.2, 0.25) is 0 Å². The van der Waals surface area contributed by atoms with Crippen LogP contribution in [0, 0.1) is 5.92 Å². The molecular formula is C19H31ClN2O2. The van der Waals surface area contributed by atoms with Crippen LogP contribution in [-0.4, -0.2) is 48.9 Å². The average Bonchev–Trinajstić information content (AvgIpc) is 2.55. The van der Waals surface area contributed by atoms with Gasteiger partial charge in [-0.3, -0.25) is 0 Å². The first kappa shape index (κ1) is 19.5. The Morgan fingerprint density at radius 2 is 2.00 bits per heavy atom. The third-order valence-corrected chi connectivity index (χ3v) is 4.95. The molecule has 1 saturated heterocycles. The van der Waals surface area contributed by atoms with Crippen molar-refractivity contribution >= 4 is 11.6 Å². The van der Waals surface area contributed by atoms with Crippen molar-refractivity contribution in [3.63, 3.8) is 0 Å². The maximum absolute atomic E-state index is 9.00. The van der Waals surface area contributed by atoms with Gasteiger partial charge in [-0.25, -0.2) is 0 Å². The first-order chi connectivity index (χ1) is 11.5. The van der Waals surface area contributed by atoms with E-state index in [0.717, 1.165) is 31.9 Å². The van der Waals surface area contributed by atoms with Crippen LogP contribution in [0.2, 0.25) is 5.02 Å². The fourth-order valence-corrected chi connectivity index (χ4v) is 3.39. The van der Waals surface area contributed by atoms with Gasteiger partial charge in [0, 0.05) is 12.6 Å². The van der Waals surface area contributed by atoms with Crippen molar-refractivity contribution in [2.24, 2.45) is 5.92 Å². The summed E-state index contributed by atoms with van der Waals surface area (Å²) in [5, 5.41) is 13.3. The summed E-state index contributed by atoms with van der Waals surface area (Å²) >= 11 is 6.33. The maximum Gasteiger partial charge on any atom is 0.138 e. The molecule has 1 aliphatic heterocycles. The highest BCUT2D eigenvalue weighted by atomic mass is 35.5. The number of rotatable bonds is 8. The van der Waals surface area contributed by atoms with Crippen LogP contribution in [0.15, 0.2) is 18.2 Å². The lowest BCUT2D eigenvalue weighted by atomic mass is 9.96. The van der Waals surface area contributed by atoms with Crippen molar-refractivity contribution in [3.05, 3.63) is 28.8 Å².